The van der Waals surface area contributed by atoms with Crippen molar-refractivity contribution in [3.8, 4) is 0 Å². The molecule has 3 nitrogen and oxygen atoms in total. The van der Waals surface area contributed by atoms with E-state index in [4.69, 9.17) is 5.73 Å². The summed E-state index contributed by atoms with van der Waals surface area (Å²) in [5, 5.41) is 0. The molecule has 0 radical (unpaired) electrons. The molecule has 0 atom stereocenters. The van der Waals surface area contributed by atoms with Crippen molar-refractivity contribution in [3.63, 3.8) is 0 Å². The highest BCUT2D eigenvalue weighted by Crippen LogP contribution is 2.22. The van der Waals surface area contributed by atoms with Crippen LogP contribution < -0.4 is 5.73 Å². The summed E-state index contributed by atoms with van der Waals surface area (Å²) in [4.78, 5) is 14.1. The van der Waals surface area contributed by atoms with E-state index in [2.05, 4.69) is 4.90 Å². The molecule has 0 unspecified atom stereocenters. The molecule has 0 aliphatic carbocycles. The van der Waals surface area contributed by atoms with Gasteiger partial charge < -0.3 is 10.6 Å². The van der Waals surface area contributed by atoms with Gasteiger partial charge in [-0.25, -0.2) is 4.39 Å². The quantitative estimate of drug-likeness (QED) is 0.841. The number of primary amides is 1. The van der Waals surface area contributed by atoms with E-state index in [9.17, 15) is 9.18 Å². The van der Waals surface area contributed by atoms with E-state index in [0.29, 0.717) is 4.90 Å². The second-order valence-electron chi connectivity index (χ2n) is 4.80. The van der Waals surface area contributed by atoms with Crippen LogP contribution in [0.1, 0.15) is 12.8 Å². The third kappa shape index (κ3) is 4.21. The van der Waals surface area contributed by atoms with Gasteiger partial charge in [-0.05, 0) is 38.1 Å². The molecule has 2 rings (SSSR count). The highest BCUT2D eigenvalue weighted by molar-refractivity contribution is 7.99. The van der Waals surface area contributed by atoms with Crippen LogP contribution in [0.4, 0.5) is 4.39 Å². The monoisotopic (exact) mass is 282 g/mol. The third-order valence-electron chi connectivity index (χ3n) is 3.49. The van der Waals surface area contributed by atoms with Gasteiger partial charge in [0.2, 0.25) is 5.91 Å². The molecule has 1 fully saturated rings. The number of rotatable bonds is 5. The number of carbonyl (C=O) groups is 1. The Morgan fingerprint density at radius 1 is 1.37 bits per heavy atom. The van der Waals surface area contributed by atoms with E-state index in [1.165, 1.54) is 17.8 Å². The fourth-order valence-corrected chi connectivity index (χ4v) is 3.24. The van der Waals surface area contributed by atoms with Crippen molar-refractivity contribution < 1.29 is 9.18 Å². The number of hydrogen-bond acceptors (Lipinski definition) is 3. The molecular weight excluding hydrogens is 263 g/mol. The minimum absolute atomic E-state index is 0.0375. The molecule has 19 heavy (non-hydrogen) atoms. The lowest BCUT2D eigenvalue weighted by Crippen LogP contribution is -2.39. The van der Waals surface area contributed by atoms with E-state index in [0.717, 1.165) is 38.2 Å². The van der Waals surface area contributed by atoms with Gasteiger partial charge in [-0.2, -0.15) is 0 Å². The summed E-state index contributed by atoms with van der Waals surface area (Å²) in [7, 11) is 0. The summed E-state index contributed by atoms with van der Waals surface area (Å²) in [5.41, 5.74) is 5.30. The molecule has 1 aliphatic heterocycles. The average molecular weight is 282 g/mol. The number of halogens is 1. The van der Waals surface area contributed by atoms with Crippen LogP contribution in [0.25, 0.3) is 0 Å². The fourth-order valence-electron chi connectivity index (χ4n) is 2.29. The van der Waals surface area contributed by atoms with Gasteiger partial charge >= 0.3 is 0 Å². The summed E-state index contributed by atoms with van der Waals surface area (Å²) in [6.07, 6.45) is 1.69. The van der Waals surface area contributed by atoms with Crippen molar-refractivity contribution >= 4 is 17.7 Å². The van der Waals surface area contributed by atoms with Gasteiger partial charge in [0.15, 0.2) is 0 Å². The molecule has 1 saturated heterocycles. The zero-order chi connectivity index (χ0) is 13.7. The number of hydrogen-bond donors (Lipinski definition) is 1. The normalized spacial score (nSPS) is 17.5. The first kappa shape index (κ1) is 14.3. The van der Waals surface area contributed by atoms with E-state index in [1.54, 1.807) is 12.1 Å². The number of thioether (sulfide) groups is 1. The summed E-state index contributed by atoms with van der Waals surface area (Å²) in [6, 6.07) is 6.85. The number of amides is 1. The zero-order valence-corrected chi connectivity index (χ0v) is 11.7. The van der Waals surface area contributed by atoms with E-state index >= 15 is 0 Å². The van der Waals surface area contributed by atoms with Crippen molar-refractivity contribution in [1.82, 2.24) is 4.90 Å². The Hall–Kier alpha value is -1.07. The second-order valence-corrected chi connectivity index (χ2v) is 5.93. The van der Waals surface area contributed by atoms with Crippen molar-refractivity contribution in [2.75, 3.05) is 25.4 Å². The molecule has 2 N–H and O–H groups in total. The lowest BCUT2D eigenvalue weighted by Gasteiger charge is -2.30. The van der Waals surface area contributed by atoms with Crippen LogP contribution in [0.15, 0.2) is 29.2 Å². The maximum atomic E-state index is 13.4. The average Bonchev–Trinajstić information content (AvgIpc) is 2.41. The standard InChI is InChI=1S/C14H19FN2OS/c15-12-3-1-2-4-13(12)19-10-9-17-7-5-11(6-8-17)14(16)18/h1-4,11H,5-10H2,(H2,16,18). The molecule has 1 aliphatic rings. The largest absolute Gasteiger partial charge is 0.369 e. The van der Waals surface area contributed by atoms with Crippen LogP contribution in [0.5, 0.6) is 0 Å². The molecule has 0 aromatic heterocycles. The van der Waals surface area contributed by atoms with Gasteiger partial charge in [-0.3, -0.25) is 4.79 Å². The number of benzene rings is 1. The van der Waals surface area contributed by atoms with Gasteiger partial charge in [-0.15, -0.1) is 11.8 Å². The van der Waals surface area contributed by atoms with Crippen LogP contribution in [-0.2, 0) is 4.79 Å². The molecule has 0 bridgehead atoms. The van der Waals surface area contributed by atoms with Crippen molar-refractivity contribution in [3.05, 3.63) is 30.1 Å². The van der Waals surface area contributed by atoms with E-state index in [-0.39, 0.29) is 17.6 Å². The predicted octanol–water partition coefficient (Wildman–Crippen LogP) is 2.12. The van der Waals surface area contributed by atoms with Gasteiger partial charge in [0.25, 0.3) is 0 Å². The molecule has 5 heteroatoms. The fraction of sp³-hybridized carbons (Fsp3) is 0.500. The molecule has 0 spiro atoms. The van der Waals surface area contributed by atoms with Crippen LogP contribution in [0.3, 0.4) is 0 Å². The van der Waals surface area contributed by atoms with Gasteiger partial charge in [-0.1, -0.05) is 12.1 Å². The highest BCUT2D eigenvalue weighted by Gasteiger charge is 2.22. The van der Waals surface area contributed by atoms with Crippen LogP contribution in [0, 0.1) is 11.7 Å². The van der Waals surface area contributed by atoms with Crippen molar-refractivity contribution in [2.45, 2.75) is 17.7 Å². The zero-order valence-electron chi connectivity index (χ0n) is 10.8. The maximum absolute atomic E-state index is 13.4. The van der Waals surface area contributed by atoms with E-state index < -0.39 is 0 Å². The number of carbonyl (C=O) groups excluding carboxylic acids is 1. The smallest absolute Gasteiger partial charge is 0.220 e. The second kappa shape index (κ2) is 6.91. The summed E-state index contributed by atoms with van der Waals surface area (Å²) in [5.74, 6) is 0.568. The summed E-state index contributed by atoms with van der Waals surface area (Å²) < 4.78 is 13.4. The topological polar surface area (TPSA) is 46.3 Å². The Bertz CT molecular complexity index is 433. The molecule has 104 valence electrons. The van der Waals surface area contributed by atoms with Crippen molar-refractivity contribution in [2.24, 2.45) is 11.7 Å². The lowest BCUT2D eigenvalue weighted by molar-refractivity contribution is -0.123. The first-order valence-electron chi connectivity index (χ1n) is 6.56. The molecule has 1 aromatic carbocycles. The molecule has 1 heterocycles. The highest BCUT2D eigenvalue weighted by atomic mass is 32.2. The van der Waals surface area contributed by atoms with Crippen LogP contribution >= 0.6 is 11.8 Å². The Morgan fingerprint density at radius 3 is 2.68 bits per heavy atom. The number of likely N-dealkylation sites (tertiary alicyclic amines) is 1. The first-order valence-corrected chi connectivity index (χ1v) is 7.54. The maximum Gasteiger partial charge on any atom is 0.220 e. The SMILES string of the molecule is NC(=O)C1CCN(CCSc2ccccc2F)CC1. The number of piperidine rings is 1. The Balaban J connectivity index is 1.70. The number of nitrogens with zero attached hydrogens (tertiary/aromatic N) is 1. The minimum atomic E-state index is -0.180. The number of nitrogens with two attached hydrogens (primary N) is 1. The molecule has 1 amide bonds. The van der Waals surface area contributed by atoms with E-state index in [1.807, 2.05) is 6.07 Å². The van der Waals surface area contributed by atoms with Gasteiger partial charge in [0.05, 0.1) is 0 Å². The van der Waals surface area contributed by atoms with Crippen molar-refractivity contribution in [1.29, 1.82) is 0 Å². The third-order valence-corrected chi connectivity index (χ3v) is 4.52. The first-order chi connectivity index (χ1) is 9.16. The summed E-state index contributed by atoms with van der Waals surface area (Å²) in [6.45, 7) is 2.74. The Labute approximate surface area is 117 Å². The summed E-state index contributed by atoms with van der Waals surface area (Å²) >= 11 is 1.54. The minimum Gasteiger partial charge on any atom is -0.369 e. The van der Waals surface area contributed by atoms with Gasteiger partial charge in [0.1, 0.15) is 5.82 Å². The molecule has 1 aromatic rings. The molecular formula is C14H19FN2OS. The Kier molecular flexibility index (Phi) is 5.22. The Morgan fingerprint density at radius 2 is 2.05 bits per heavy atom. The molecule has 0 saturated carbocycles. The van der Waals surface area contributed by atoms with Crippen LogP contribution in [-0.4, -0.2) is 36.2 Å². The van der Waals surface area contributed by atoms with Gasteiger partial charge in [0, 0.05) is 23.1 Å². The lowest BCUT2D eigenvalue weighted by atomic mass is 9.96. The van der Waals surface area contributed by atoms with Crippen LogP contribution in [0.2, 0.25) is 0 Å². The predicted molar refractivity (Wildman–Crippen MR) is 75.5 cm³/mol.